The van der Waals surface area contributed by atoms with Crippen molar-refractivity contribution in [3.05, 3.63) is 42.4 Å². The Hall–Kier alpha value is -2.61. The summed E-state index contributed by atoms with van der Waals surface area (Å²) in [5, 5.41) is -0.190. The molecule has 0 bridgehead atoms. The van der Waals surface area contributed by atoms with Crippen LogP contribution in [0, 0.1) is 0 Å². The highest BCUT2D eigenvalue weighted by atomic mass is 32.2. The molecule has 2 N–H and O–H groups in total. The molecule has 1 aromatic carbocycles. The molecule has 0 aliphatic carbocycles. The molecule has 7 nitrogen and oxygen atoms in total. The number of oxazole rings is 1. The van der Waals surface area contributed by atoms with Gasteiger partial charge in [-0.05, 0) is 12.8 Å². The number of Topliss-reactive ketones (excluding diaryl/α,β-unsaturated/α-hetero) is 1. The zero-order valence-corrected chi connectivity index (χ0v) is 17.9. The molecule has 1 aliphatic heterocycles. The van der Waals surface area contributed by atoms with E-state index in [1.54, 1.807) is 6.20 Å². The van der Waals surface area contributed by atoms with Crippen molar-refractivity contribution in [2.45, 2.75) is 57.5 Å². The molecule has 1 saturated heterocycles. The molecule has 1 aromatic heterocycles. The van der Waals surface area contributed by atoms with Gasteiger partial charge in [0, 0.05) is 24.2 Å². The Kier molecular flexibility index (Phi) is 7.68. The van der Waals surface area contributed by atoms with Gasteiger partial charge in [-0.1, -0.05) is 61.9 Å². The molecule has 2 aromatic rings. The fourth-order valence-corrected chi connectivity index (χ4v) is 4.60. The fraction of sp³-hybridized carbons (Fsp3) is 0.455. The van der Waals surface area contributed by atoms with Crippen molar-refractivity contribution in [2.75, 3.05) is 5.75 Å². The molecule has 30 heavy (non-hydrogen) atoms. The van der Waals surface area contributed by atoms with Gasteiger partial charge >= 0.3 is 0 Å². The first-order chi connectivity index (χ1) is 14.5. The number of thioether (sulfide) groups is 1. The van der Waals surface area contributed by atoms with Gasteiger partial charge in [0.05, 0.1) is 6.20 Å². The molecule has 0 spiro atoms. The topological polar surface area (TPSA) is 106 Å². The third-order valence-electron chi connectivity index (χ3n) is 5.27. The number of ketones is 1. The van der Waals surface area contributed by atoms with Crippen LogP contribution in [0.5, 0.6) is 0 Å². The van der Waals surface area contributed by atoms with Crippen LogP contribution in [0.3, 0.4) is 0 Å². The number of primary amides is 1. The number of benzene rings is 1. The Bertz CT molecular complexity index is 884. The summed E-state index contributed by atoms with van der Waals surface area (Å²) in [5.41, 5.74) is 6.44. The van der Waals surface area contributed by atoms with Crippen LogP contribution in [0.25, 0.3) is 11.3 Å². The number of aromatic nitrogens is 1. The number of hydrogen-bond acceptors (Lipinski definition) is 6. The first-order valence-corrected chi connectivity index (χ1v) is 11.3. The lowest BCUT2D eigenvalue weighted by molar-refractivity contribution is -0.122. The Morgan fingerprint density at radius 1 is 1.27 bits per heavy atom. The highest BCUT2D eigenvalue weighted by Crippen LogP contribution is 2.37. The summed E-state index contributed by atoms with van der Waals surface area (Å²) in [6.07, 6.45) is 5.80. The number of rotatable bonds is 11. The molecule has 3 rings (SSSR count). The number of unbranched alkanes of at least 4 members (excludes halogenated alkanes) is 2. The van der Waals surface area contributed by atoms with Gasteiger partial charge < -0.3 is 15.1 Å². The fourth-order valence-electron chi connectivity index (χ4n) is 3.57. The van der Waals surface area contributed by atoms with Crippen LogP contribution in [0.4, 0.5) is 4.79 Å². The molecule has 0 saturated carbocycles. The van der Waals surface area contributed by atoms with Gasteiger partial charge in [-0.2, -0.15) is 0 Å². The maximum Gasteiger partial charge on any atom is 0.283 e. The molecule has 2 amide bonds. The molecule has 2 heterocycles. The number of nitrogens with two attached hydrogens (primary N) is 1. The Labute approximate surface area is 180 Å². The quantitative estimate of drug-likeness (QED) is 0.533. The van der Waals surface area contributed by atoms with E-state index >= 15 is 0 Å². The van der Waals surface area contributed by atoms with E-state index in [4.69, 9.17) is 10.2 Å². The third kappa shape index (κ3) is 5.30. The van der Waals surface area contributed by atoms with E-state index in [0.717, 1.165) is 36.6 Å². The van der Waals surface area contributed by atoms with Gasteiger partial charge in [-0.3, -0.25) is 14.4 Å². The van der Waals surface area contributed by atoms with Crippen LogP contribution in [0.1, 0.15) is 57.4 Å². The monoisotopic (exact) mass is 429 g/mol. The van der Waals surface area contributed by atoms with E-state index in [1.165, 1.54) is 4.90 Å². The Balaban J connectivity index is 1.77. The first-order valence-electron chi connectivity index (χ1n) is 10.3. The normalized spacial score (nSPS) is 17.3. The van der Waals surface area contributed by atoms with E-state index in [0.29, 0.717) is 36.7 Å². The average Bonchev–Trinajstić information content (AvgIpc) is 3.38. The van der Waals surface area contributed by atoms with E-state index in [1.807, 2.05) is 37.3 Å². The molecule has 1 aliphatic rings. The SMILES string of the molecule is CCC(=O)CCCCC[C@@H](c1ncc(-c2ccccc2)o1)N1C(=O)SC[C@H]1C(N)=O. The van der Waals surface area contributed by atoms with Crippen molar-refractivity contribution in [1.82, 2.24) is 9.88 Å². The number of amides is 2. The van der Waals surface area contributed by atoms with Gasteiger partial charge in [0.15, 0.2) is 5.76 Å². The van der Waals surface area contributed by atoms with Gasteiger partial charge in [0.25, 0.3) is 5.24 Å². The number of nitrogens with zero attached hydrogens (tertiary/aromatic N) is 2. The number of hydrogen-bond donors (Lipinski definition) is 1. The smallest absolute Gasteiger partial charge is 0.283 e. The van der Waals surface area contributed by atoms with Gasteiger partial charge in [0.1, 0.15) is 17.9 Å². The molecule has 1 fully saturated rings. The molecule has 160 valence electrons. The van der Waals surface area contributed by atoms with Crippen LogP contribution in [0.2, 0.25) is 0 Å². The van der Waals surface area contributed by atoms with Crippen molar-refractivity contribution in [2.24, 2.45) is 5.73 Å². The molecule has 0 unspecified atom stereocenters. The largest absolute Gasteiger partial charge is 0.438 e. The average molecular weight is 430 g/mol. The van der Waals surface area contributed by atoms with Crippen molar-refractivity contribution < 1.29 is 18.8 Å². The summed E-state index contributed by atoms with van der Waals surface area (Å²) in [7, 11) is 0. The van der Waals surface area contributed by atoms with Crippen molar-refractivity contribution in [3.63, 3.8) is 0 Å². The summed E-state index contributed by atoms with van der Waals surface area (Å²) in [6, 6.07) is 8.45. The minimum Gasteiger partial charge on any atom is -0.438 e. The molecule has 2 atom stereocenters. The molecule has 8 heteroatoms. The lowest BCUT2D eigenvalue weighted by Gasteiger charge is -2.29. The zero-order chi connectivity index (χ0) is 21.5. The predicted octanol–water partition coefficient (Wildman–Crippen LogP) is 4.34. The van der Waals surface area contributed by atoms with Crippen LogP contribution in [-0.4, -0.2) is 38.6 Å². The van der Waals surface area contributed by atoms with E-state index < -0.39 is 18.0 Å². The van der Waals surface area contributed by atoms with Crippen LogP contribution in [-0.2, 0) is 9.59 Å². The van der Waals surface area contributed by atoms with E-state index in [2.05, 4.69) is 4.98 Å². The van der Waals surface area contributed by atoms with Gasteiger partial charge in [0.2, 0.25) is 11.8 Å². The highest BCUT2D eigenvalue weighted by Gasteiger charge is 2.42. The second kappa shape index (κ2) is 10.4. The second-order valence-corrected chi connectivity index (χ2v) is 8.31. The maximum atomic E-state index is 12.6. The van der Waals surface area contributed by atoms with Crippen molar-refractivity contribution in [1.29, 1.82) is 0 Å². The van der Waals surface area contributed by atoms with Crippen LogP contribution < -0.4 is 5.73 Å². The summed E-state index contributed by atoms with van der Waals surface area (Å²) < 4.78 is 6.01. The first kappa shape index (κ1) is 22.1. The number of carbonyl (C=O) groups is 3. The van der Waals surface area contributed by atoms with Crippen LogP contribution in [0.15, 0.2) is 40.9 Å². The van der Waals surface area contributed by atoms with E-state index in [9.17, 15) is 14.4 Å². The lowest BCUT2D eigenvalue weighted by atomic mass is 10.0. The standard InChI is InChI=1S/C22H27N3O4S/c1-2-16(26)11-7-4-8-12-17(25-18(20(23)27)14-30-22(25)28)21-24-13-19(29-21)15-9-5-3-6-10-15/h3,5-6,9-10,13,17-18H,2,4,7-8,11-12,14H2,1H3,(H2,23,27)/t17-,18-/m0/s1. The minimum atomic E-state index is -0.679. The summed E-state index contributed by atoms with van der Waals surface area (Å²) in [5.74, 6) is 1.08. The minimum absolute atomic E-state index is 0.190. The second-order valence-electron chi connectivity index (χ2n) is 7.34. The third-order valence-corrected chi connectivity index (χ3v) is 6.21. The lowest BCUT2D eigenvalue weighted by Crippen LogP contribution is -2.45. The summed E-state index contributed by atoms with van der Waals surface area (Å²) in [4.78, 5) is 42.0. The Morgan fingerprint density at radius 2 is 2.03 bits per heavy atom. The highest BCUT2D eigenvalue weighted by molar-refractivity contribution is 8.13. The maximum absolute atomic E-state index is 12.6. The van der Waals surface area contributed by atoms with Crippen molar-refractivity contribution in [3.8, 4) is 11.3 Å². The summed E-state index contributed by atoms with van der Waals surface area (Å²) in [6.45, 7) is 1.87. The summed E-state index contributed by atoms with van der Waals surface area (Å²) >= 11 is 1.09. The van der Waals surface area contributed by atoms with E-state index in [-0.39, 0.29) is 11.0 Å². The Morgan fingerprint density at radius 3 is 2.73 bits per heavy atom. The molecule has 0 radical (unpaired) electrons. The zero-order valence-electron chi connectivity index (χ0n) is 17.1. The van der Waals surface area contributed by atoms with Crippen LogP contribution >= 0.6 is 11.8 Å². The van der Waals surface area contributed by atoms with Gasteiger partial charge in [-0.15, -0.1) is 0 Å². The predicted molar refractivity (Wildman–Crippen MR) is 116 cm³/mol. The van der Waals surface area contributed by atoms with Crippen molar-refractivity contribution >= 4 is 28.7 Å². The number of carbonyl (C=O) groups excluding carboxylic acids is 3. The molecular weight excluding hydrogens is 402 g/mol. The molecular formula is C22H27N3O4S. The van der Waals surface area contributed by atoms with Gasteiger partial charge in [-0.25, -0.2) is 4.98 Å².